The Kier molecular flexibility index (Phi) is 18.5. The number of unbranched alkanes of at least 4 members (excludes halogenated alkanes) is 1. The van der Waals surface area contributed by atoms with Crippen molar-refractivity contribution in [1.82, 2.24) is 0 Å². The second-order valence-corrected chi connectivity index (χ2v) is 5.55. The molecule has 0 heterocycles. The highest BCUT2D eigenvalue weighted by molar-refractivity contribution is 4.99. The Balaban J connectivity index is 3.55. The maximum atomic E-state index is 9.10. The maximum absolute atomic E-state index is 9.10. The monoisotopic (exact) mass is 332 g/mol. The van der Waals surface area contributed by atoms with Crippen molar-refractivity contribution in [2.45, 2.75) is 64.9 Å². The SMILES string of the molecule is CCC=CCC=CCC=CCC=CCCC=CCC(CO)OCC. The van der Waals surface area contributed by atoms with Crippen LogP contribution in [0.15, 0.2) is 60.8 Å². The van der Waals surface area contributed by atoms with Gasteiger partial charge in [-0.15, -0.1) is 0 Å². The first kappa shape index (κ1) is 22.6. The molecule has 1 N–H and O–H groups in total. The summed E-state index contributed by atoms with van der Waals surface area (Å²) >= 11 is 0. The molecule has 1 atom stereocenters. The van der Waals surface area contributed by atoms with Gasteiger partial charge in [-0.25, -0.2) is 0 Å². The number of aliphatic hydroxyl groups excluding tert-OH is 1. The fourth-order valence-corrected chi connectivity index (χ4v) is 2.09. The van der Waals surface area contributed by atoms with Gasteiger partial charge in [-0.2, -0.15) is 0 Å². The van der Waals surface area contributed by atoms with E-state index in [1.807, 2.05) is 6.92 Å². The first-order chi connectivity index (χ1) is 11.8. The van der Waals surface area contributed by atoms with Crippen molar-refractivity contribution >= 4 is 0 Å². The molecule has 0 aromatic carbocycles. The number of ether oxygens (including phenoxy) is 1. The third-order valence-electron chi connectivity index (χ3n) is 3.39. The van der Waals surface area contributed by atoms with Crippen molar-refractivity contribution in [2.75, 3.05) is 13.2 Å². The third kappa shape index (κ3) is 17.0. The number of allylic oxidation sites excluding steroid dienone is 9. The second-order valence-electron chi connectivity index (χ2n) is 5.55. The first-order valence-electron chi connectivity index (χ1n) is 9.32. The summed E-state index contributed by atoms with van der Waals surface area (Å²) in [7, 11) is 0. The highest BCUT2D eigenvalue weighted by Gasteiger charge is 2.02. The molecule has 2 nitrogen and oxygen atoms in total. The van der Waals surface area contributed by atoms with Gasteiger partial charge in [-0.05, 0) is 51.9 Å². The zero-order chi connectivity index (χ0) is 17.7. The fraction of sp³-hybridized carbons (Fsp3) is 0.545. The van der Waals surface area contributed by atoms with Crippen LogP contribution in [0.5, 0.6) is 0 Å². The average Bonchev–Trinajstić information content (AvgIpc) is 2.60. The largest absolute Gasteiger partial charge is 0.394 e. The third-order valence-corrected chi connectivity index (χ3v) is 3.39. The van der Waals surface area contributed by atoms with Crippen LogP contribution in [0, 0.1) is 0 Å². The Morgan fingerprint density at radius 3 is 1.71 bits per heavy atom. The molecule has 0 rings (SSSR count). The molecule has 2 heteroatoms. The Morgan fingerprint density at radius 2 is 1.21 bits per heavy atom. The Morgan fingerprint density at radius 1 is 0.708 bits per heavy atom. The van der Waals surface area contributed by atoms with E-state index in [2.05, 4.69) is 67.7 Å². The lowest BCUT2D eigenvalue weighted by atomic mass is 10.2. The molecule has 0 aromatic heterocycles. The summed E-state index contributed by atoms with van der Waals surface area (Å²) in [6, 6.07) is 0. The van der Waals surface area contributed by atoms with Crippen LogP contribution in [-0.4, -0.2) is 24.4 Å². The van der Waals surface area contributed by atoms with E-state index < -0.39 is 0 Å². The van der Waals surface area contributed by atoms with Gasteiger partial charge in [0.15, 0.2) is 0 Å². The summed E-state index contributed by atoms with van der Waals surface area (Å²) in [4.78, 5) is 0. The van der Waals surface area contributed by atoms with Crippen LogP contribution in [0.25, 0.3) is 0 Å². The summed E-state index contributed by atoms with van der Waals surface area (Å²) in [6.45, 7) is 4.85. The fourth-order valence-electron chi connectivity index (χ4n) is 2.09. The lowest BCUT2D eigenvalue weighted by molar-refractivity contribution is 0.0223. The van der Waals surface area contributed by atoms with Gasteiger partial charge >= 0.3 is 0 Å². The molecule has 0 aliphatic heterocycles. The molecule has 0 amide bonds. The number of hydrogen-bond donors (Lipinski definition) is 1. The van der Waals surface area contributed by atoms with Gasteiger partial charge in [-0.1, -0.05) is 67.7 Å². The van der Waals surface area contributed by atoms with Gasteiger partial charge in [0.2, 0.25) is 0 Å². The van der Waals surface area contributed by atoms with E-state index in [0.29, 0.717) is 6.61 Å². The van der Waals surface area contributed by atoms with Crippen LogP contribution in [0.4, 0.5) is 0 Å². The molecular formula is C22H36O2. The van der Waals surface area contributed by atoms with E-state index >= 15 is 0 Å². The molecule has 0 fully saturated rings. The standard InChI is InChI=1S/C22H36O2/c1-3-5-6-7-8-9-10-11-12-13-14-15-16-17-18-19-20-22(21-23)24-4-2/h5-6,8-9,11-12,14-15,18-19,22-23H,3-4,7,10,13,16-17,20-21H2,1-2H3. The van der Waals surface area contributed by atoms with Crippen molar-refractivity contribution < 1.29 is 9.84 Å². The molecule has 0 aliphatic carbocycles. The minimum Gasteiger partial charge on any atom is -0.394 e. The van der Waals surface area contributed by atoms with Gasteiger partial charge in [-0.3, -0.25) is 0 Å². The van der Waals surface area contributed by atoms with Gasteiger partial charge in [0.1, 0.15) is 0 Å². The molecule has 1 unspecified atom stereocenters. The molecule has 0 radical (unpaired) electrons. The predicted octanol–water partition coefficient (Wildman–Crippen LogP) is 5.92. The van der Waals surface area contributed by atoms with E-state index in [9.17, 15) is 0 Å². The van der Waals surface area contributed by atoms with Crippen molar-refractivity contribution in [3.63, 3.8) is 0 Å². The minimum absolute atomic E-state index is 0.0522. The van der Waals surface area contributed by atoms with Crippen LogP contribution in [0.3, 0.4) is 0 Å². The van der Waals surface area contributed by atoms with E-state index in [-0.39, 0.29) is 12.7 Å². The van der Waals surface area contributed by atoms with E-state index in [4.69, 9.17) is 9.84 Å². The summed E-state index contributed by atoms with van der Waals surface area (Å²) in [5.74, 6) is 0. The number of hydrogen-bond acceptors (Lipinski definition) is 2. The minimum atomic E-state index is -0.0522. The summed E-state index contributed by atoms with van der Waals surface area (Å²) in [5.41, 5.74) is 0. The van der Waals surface area contributed by atoms with Crippen LogP contribution >= 0.6 is 0 Å². The van der Waals surface area contributed by atoms with Gasteiger partial charge in [0.25, 0.3) is 0 Å². The first-order valence-corrected chi connectivity index (χ1v) is 9.32. The lowest BCUT2D eigenvalue weighted by Crippen LogP contribution is -2.16. The van der Waals surface area contributed by atoms with Gasteiger partial charge in [0, 0.05) is 6.61 Å². The molecule has 24 heavy (non-hydrogen) atoms. The van der Waals surface area contributed by atoms with E-state index in [1.54, 1.807) is 0 Å². The van der Waals surface area contributed by atoms with E-state index in [1.165, 1.54) is 0 Å². The maximum Gasteiger partial charge on any atom is 0.0839 e. The molecule has 0 saturated heterocycles. The summed E-state index contributed by atoms with van der Waals surface area (Å²) in [5, 5.41) is 9.10. The predicted molar refractivity (Wildman–Crippen MR) is 106 cm³/mol. The Bertz CT molecular complexity index is 389. The zero-order valence-electron chi connectivity index (χ0n) is 15.6. The highest BCUT2D eigenvalue weighted by Crippen LogP contribution is 2.02. The van der Waals surface area contributed by atoms with Crippen LogP contribution in [-0.2, 0) is 4.74 Å². The van der Waals surface area contributed by atoms with Crippen molar-refractivity contribution in [3.05, 3.63) is 60.8 Å². The average molecular weight is 333 g/mol. The molecule has 0 bridgehead atoms. The van der Waals surface area contributed by atoms with Gasteiger partial charge in [0.05, 0.1) is 12.7 Å². The van der Waals surface area contributed by atoms with Crippen molar-refractivity contribution in [3.8, 4) is 0 Å². The highest BCUT2D eigenvalue weighted by atomic mass is 16.5. The number of aliphatic hydroxyl groups is 1. The van der Waals surface area contributed by atoms with Crippen LogP contribution < -0.4 is 0 Å². The molecule has 0 aliphatic rings. The molecule has 136 valence electrons. The second kappa shape index (κ2) is 19.7. The molecular weight excluding hydrogens is 296 g/mol. The molecule has 0 spiro atoms. The smallest absolute Gasteiger partial charge is 0.0839 e. The Hall–Kier alpha value is -1.38. The normalized spacial score (nSPS) is 14.3. The van der Waals surface area contributed by atoms with Crippen LogP contribution in [0.1, 0.15) is 58.8 Å². The quantitative estimate of drug-likeness (QED) is 0.298. The molecule has 0 saturated carbocycles. The lowest BCUT2D eigenvalue weighted by Gasteiger charge is -2.10. The van der Waals surface area contributed by atoms with Gasteiger partial charge < -0.3 is 9.84 Å². The van der Waals surface area contributed by atoms with Crippen LogP contribution in [0.2, 0.25) is 0 Å². The van der Waals surface area contributed by atoms with E-state index in [0.717, 1.165) is 44.9 Å². The summed E-state index contributed by atoms with van der Waals surface area (Å²) in [6.07, 6.45) is 29.0. The zero-order valence-corrected chi connectivity index (χ0v) is 15.6. The topological polar surface area (TPSA) is 29.5 Å². The number of rotatable bonds is 15. The Labute approximate surface area is 149 Å². The van der Waals surface area contributed by atoms with Crippen molar-refractivity contribution in [2.24, 2.45) is 0 Å². The summed E-state index contributed by atoms with van der Waals surface area (Å²) < 4.78 is 5.38. The molecule has 0 aromatic rings. The van der Waals surface area contributed by atoms with Crippen molar-refractivity contribution in [1.29, 1.82) is 0 Å².